The van der Waals surface area contributed by atoms with Crippen molar-refractivity contribution in [3.8, 4) is 17.9 Å². The molecule has 1 radical (unpaired) electrons. The van der Waals surface area contributed by atoms with Gasteiger partial charge in [-0.05, 0) is 12.1 Å². The lowest BCUT2D eigenvalue weighted by Gasteiger charge is -1.91. The predicted octanol–water partition coefficient (Wildman–Crippen LogP) is 1.57. The molecule has 0 saturated carbocycles. The first-order chi connectivity index (χ1) is 5.29. The van der Waals surface area contributed by atoms with Crippen LogP contribution in [0.2, 0.25) is 0 Å². The highest BCUT2D eigenvalue weighted by molar-refractivity contribution is 5.52. The average Bonchev–Trinajstić information content (AvgIpc) is 2.05. The second kappa shape index (κ2) is 2.72. The SMILES string of the molecule is N#Cc1cccc(C#N)c1[O]. The summed E-state index contributed by atoms with van der Waals surface area (Å²) in [5.74, 6) is -0.488. The summed E-state index contributed by atoms with van der Waals surface area (Å²) in [5.41, 5.74) is 0.0353. The van der Waals surface area contributed by atoms with Crippen LogP contribution in [-0.4, -0.2) is 0 Å². The number of para-hydroxylation sites is 1. The highest BCUT2D eigenvalue weighted by Gasteiger charge is 2.06. The lowest BCUT2D eigenvalue weighted by Crippen LogP contribution is -1.79. The van der Waals surface area contributed by atoms with Gasteiger partial charge in [-0.2, -0.15) is 10.5 Å². The van der Waals surface area contributed by atoms with Gasteiger partial charge >= 0.3 is 0 Å². The molecule has 0 spiro atoms. The fourth-order valence-corrected chi connectivity index (χ4v) is 0.713. The van der Waals surface area contributed by atoms with Gasteiger partial charge < -0.3 is 0 Å². The molecule has 0 aliphatic carbocycles. The van der Waals surface area contributed by atoms with Gasteiger partial charge in [-0.1, -0.05) is 6.07 Å². The van der Waals surface area contributed by atoms with Gasteiger partial charge in [0.1, 0.15) is 23.3 Å². The van der Waals surface area contributed by atoms with Gasteiger partial charge in [-0.15, -0.1) is 0 Å². The van der Waals surface area contributed by atoms with Crippen molar-refractivity contribution in [2.75, 3.05) is 0 Å². The third-order valence-corrected chi connectivity index (χ3v) is 1.26. The van der Waals surface area contributed by atoms with Crippen molar-refractivity contribution in [1.82, 2.24) is 0 Å². The molecule has 0 fully saturated rings. The average molecular weight is 143 g/mol. The predicted molar refractivity (Wildman–Crippen MR) is 36.0 cm³/mol. The molecule has 0 aliphatic heterocycles. The Hall–Kier alpha value is -2.00. The summed E-state index contributed by atoms with van der Waals surface area (Å²) in [6, 6.07) is 7.71. The molecule has 0 amide bonds. The van der Waals surface area contributed by atoms with Crippen LogP contribution >= 0.6 is 0 Å². The Kier molecular flexibility index (Phi) is 1.76. The third-order valence-electron chi connectivity index (χ3n) is 1.26. The molecule has 1 rings (SSSR count). The van der Waals surface area contributed by atoms with Crippen LogP contribution in [0.5, 0.6) is 5.75 Å². The zero-order chi connectivity index (χ0) is 8.27. The molecule has 0 N–H and O–H groups in total. The normalized spacial score (nSPS) is 8.18. The first-order valence-electron chi connectivity index (χ1n) is 2.90. The highest BCUT2D eigenvalue weighted by Crippen LogP contribution is 2.20. The fraction of sp³-hybridized carbons (Fsp3) is 0. The zero-order valence-corrected chi connectivity index (χ0v) is 5.53. The van der Waals surface area contributed by atoms with Gasteiger partial charge in [-0.25, -0.2) is 0 Å². The number of benzene rings is 1. The van der Waals surface area contributed by atoms with E-state index in [0.29, 0.717) is 0 Å². The molecular formula is C8H3N2O. The molecule has 3 heteroatoms. The van der Waals surface area contributed by atoms with E-state index < -0.39 is 5.75 Å². The Bertz CT molecular complexity index is 325. The van der Waals surface area contributed by atoms with Crippen molar-refractivity contribution in [2.24, 2.45) is 0 Å². The largest absolute Gasteiger partial charge is 0.287 e. The second-order valence-corrected chi connectivity index (χ2v) is 1.91. The van der Waals surface area contributed by atoms with E-state index in [4.69, 9.17) is 10.5 Å². The van der Waals surface area contributed by atoms with Gasteiger partial charge in [-0.3, -0.25) is 5.11 Å². The van der Waals surface area contributed by atoms with Crippen LogP contribution in [0.4, 0.5) is 0 Å². The number of nitrogens with zero attached hydrogens (tertiary/aromatic N) is 2. The highest BCUT2D eigenvalue weighted by atomic mass is 16.3. The van der Waals surface area contributed by atoms with Crippen LogP contribution in [0.15, 0.2) is 18.2 Å². The van der Waals surface area contributed by atoms with Crippen molar-refractivity contribution in [3.63, 3.8) is 0 Å². The van der Waals surface area contributed by atoms with Gasteiger partial charge in [0, 0.05) is 0 Å². The van der Waals surface area contributed by atoms with Crippen LogP contribution < -0.4 is 0 Å². The van der Waals surface area contributed by atoms with Crippen molar-refractivity contribution < 1.29 is 5.11 Å². The Balaban J connectivity index is 3.38. The topological polar surface area (TPSA) is 67.5 Å². The van der Waals surface area contributed by atoms with E-state index >= 15 is 0 Å². The molecule has 0 unspecified atom stereocenters. The Morgan fingerprint density at radius 3 is 1.91 bits per heavy atom. The lowest BCUT2D eigenvalue weighted by molar-refractivity contribution is 0.352. The van der Waals surface area contributed by atoms with Crippen molar-refractivity contribution in [2.45, 2.75) is 0 Å². The van der Waals surface area contributed by atoms with E-state index in [1.54, 1.807) is 12.1 Å². The van der Waals surface area contributed by atoms with Gasteiger partial charge in [0.25, 0.3) is 0 Å². The first kappa shape index (κ1) is 7.11. The molecule has 51 valence electrons. The molecule has 0 atom stereocenters. The fourth-order valence-electron chi connectivity index (χ4n) is 0.713. The Morgan fingerprint density at radius 1 is 1.09 bits per heavy atom. The summed E-state index contributed by atoms with van der Waals surface area (Å²) >= 11 is 0. The number of hydrogen-bond acceptors (Lipinski definition) is 2. The molecule has 0 aliphatic rings. The van der Waals surface area contributed by atoms with Crippen molar-refractivity contribution in [1.29, 1.82) is 10.5 Å². The maximum atomic E-state index is 11.0. The summed E-state index contributed by atoms with van der Waals surface area (Å²) in [5, 5.41) is 27.7. The minimum absolute atomic E-state index is 0.0176. The van der Waals surface area contributed by atoms with Gasteiger partial charge in [0.05, 0.1) is 0 Å². The molecule has 11 heavy (non-hydrogen) atoms. The van der Waals surface area contributed by atoms with E-state index in [1.807, 2.05) is 0 Å². The summed E-state index contributed by atoms with van der Waals surface area (Å²) in [4.78, 5) is 0. The van der Waals surface area contributed by atoms with Crippen LogP contribution in [0.1, 0.15) is 11.1 Å². The van der Waals surface area contributed by atoms with E-state index in [1.165, 1.54) is 18.2 Å². The molecule has 1 aromatic rings. The number of nitriles is 2. The van der Waals surface area contributed by atoms with E-state index in [-0.39, 0.29) is 11.1 Å². The van der Waals surface area contributed by atoms with E-state index in [9.17, 15) is 5.11 Å². The smallest absolute Gasteiger partial charge is 0.214 e. The number of hydrogen-bond donors (Lipinski definition) is 0. The maximum Gasteiger partial charge on any atom is 0.214 e. The third kappa shape index (κ3) is 1.12. The molecule has 0 heterocycles. The Morgan fingerprint density at radius 2 is 1.55 bits per heavy atom. The van der Waals surface area contributed by atoms with Crippen LogP contribution in [0.25, 0.3) is 0 Å². The molecule has 0 aromatic heterocycles. The molecule has 0 bridgehead atoms. The standard InChI is InChI=1S/C8H3N2O/c9-4-6-2-1-3-7(5-10)8(6)11/h1-3H. The second-order valence-electron chi connectivity index (χ2n) is 1.91. The summed E-state index contributed by atoms with van der Waals surface area (Å²) < 4.78 is 0. The molecule has 3 nitrogen and oxygen atoms in total. The Labute approximate surface area is 63.7 Å². The minimum atomic E-state index is -0.488. The summed E-state index contributed by atoms with van der Waals surface area (Å²) in [7, 11) is 0. The zero-order valence-electron chi connectivity index (χ0n) is 5.53. The molecule has 0 saturated heterocycles. The van der Waals surface area contributed by atoms with Gasteiger partial charge in [0.2, 0.25) is 5.75 Å². The number of rotatable bonds is 0. The van der Waals surface area contributed by atoms with E-state index in [0.717, 1.165) is 0 Å². The van der Waals surface area contributed by atoms with Crippen LogP contribution in [0, 0.1) is 22.7 Å². The van der Waals surface area contributed by atoms with Crippen molar-refractivity contribution >= 4 is 0 Å². The van der Waals surface area contributed by atoms with Crippen LogP contribution in [-0.2, 0) is 5.11 Å². The summed E-state index contributed by atoms with van der Waals surface area (Å²) in [6.07, 6.45) is 0. The van der Waals surface area contributed by atoms with E-state index in [2.05, 4.69) is 0 Å². The van der Waals surface area contributed by atoms with Crippen LogP contribution in [0.3, 0.4) is 0 Å². The monoisotopic (exact) mass is 143 g/mol. The first-order valence-corrected chi connectivity index (χ1v) is 2.90. The molecular weight excluding hydrogens is 140 g/mol. The minimum Gasteiger partial charge on any atom is -0.287 e. The lowest BCUT2D eigenvalue weighted by atomic mass is 10.1. The molecule has 1 aromatic carbocycles. The van der Waals surface area contributed by atoms with Crippen molar-refractivity contribution in [3.05, 3.63) is 29.3 Å². The van der Waals surface area contributed by atoms with Gasteiger partial charge in [0.15, 0.2) is 0 Å². The maximum absolute atomic E-state index is 11.0. The quantitative estimate of drug-likeness (QED) is 0.553. The summed E-state index contributed by atoms with van der Waals surface area (Å²) in [6.45, 7) is 0.